The summed E-state index contributed by atoms with van der Waals surface area (Å²) >= 11 is 0. The zero-order valence-corrected chi connectivity index (χ0v) is 7.43. The SMILES string of the molecule is FN(C(F)(F)F)C(F)(F)N(C(F)(F)F)C(F)(F)F. The fourth-order valence-electron chi connectivity index (χ4n) is 0.689. The fraction of sp³-hybridized carbons (Fsp3) is 1.00. The van der Waals surface area contributed by atoms with Crippen LogP contribution in [-0.2, 0) is 0 Å². The first-order valence-electron chi connectivity index (χ1n) is 3.37. The number of hydrogen-bond donors (Lipinski definition) is 0. The molecule has 0 atom stereocenters. The molecule has 0 aliphatic heterocycles. The monoisotopic (exact) mass is 304 g/mol. The molecule has 0 aromatic heterocycles. The van der Waals surface area contributed by atoms with Crippen LogP contribution in [0.2, 0.25) is 0 Å². The van der Waals surface area contributed by atoms with E-state index in [1.54, 1.807) is 0 Å². The predicted molar refractivity (Wildman–Crippen MR) is 27.9 cm³/mol. The van der Waals surface area contributed by atoms with Crippen molar-refractivity contribution in [2.45, 2.75) is 25.1 Å². The van der Waals surface area contributed by atoms with Crippen LogP contribution in [0.15, 0.2) is 0 Å². The number of halogens is 12. The van der Waals surface area contributed by atoms with Crippen molar-refractivity contribution in [1.29, 1.82) is 0 Å². The lowest BCUT2D eigenvalue weighted by Gasteiger charge is -2.35. The molecule has 0 N–H and O–H groups in total. The van der Waals surface area contributed by atoms with Gasteiger partial charge in [0.05, 0.1) is 0 Å². The fourth-order valence-corrected chi connectivity index (χ4v) is 0.689. The van der Waals surface area contributed by atoms with Crippen LogP contribution in [0.4, 0.5) is 52.8 Å². The highest BCUT2D eigenvalue weighted by molar-refractivity contribution is 4.73. The number of rotatable bonds is 2. The summed E-state index contributed by atoms with van der Waals surface area (Å²) in [6.07, 6.45) is -27.8. The van der Waals surface area contributed by atoms with E-state index in [4.69, 9.17) is 0 Å². The summed E-state index contributed by atoms with van der Waals surface area (Å²) in [5, 5.41) is -3.80. The van der Waals surface area contributed by atoms with Crippen molar-refractivity contribution in [3.05, 3.63) is 0 Å². The van der Waals surface area contributed by atoms with Gasteiger partial charge >= 0.3 is 25.1 Å². The van der Waals surface area contributed by atoms with E-state index >= 15 is 0 Å². The third kappa shape index (κ3) is 3.54. The second-order valence-corrected chi connectivity index (χ2v) is 2.53. The smallest absolute Gasteiger partial charge is 0.168 e. The number of alkyl halides is 11. The molecule has 0 saturated carbocycles. The van der Waals surface area contributed by atoms with E-state index in [2.05, 4.69) is 0 Å². The Bertz CT molecular complexity index is 270. The lowest BCUT2D eigenvalue weighted by atomic mass is 10.6. The average molecular weight is 304 g/mol. The van der Waals surface area contributed by atoms with Gasteiger partial charge in [-0.15, -0.1) is 4.48 Å². The van der Waals surface area contributed by atoms with Gasteiger partial charge in [-0.25, -0.2) is 0 Å². The first-order valence-corrected chi connectivity index (χ1v) is 3.37. The van der Waals surface area contributed by atoms with Gasteiger partial charge in [0.25, 0.3) is 0 Å². The van der Waals surface area contributed by atoms with Crippen LogP contribution in [-0.4, -0.2) is 35.1 Å². The van der Waals surface area contributed by atoms with E-state index in [1.807, 2.05) is 0 Å². The summed E-state index contributed by atoms with van der Waals surface area (Å²) in [5.74, 6) is 0. The van der Waals surface area contributed by atoms with Crippen molar-refractivity contribution >= 4 is 0 Å². The third-order valence-corrected chi connectivity index (χ3v) is 1.23. The Kier molecular flexibility index (Phi) is 4.10. The quantitative estimate of drug-likeness (QED) is 0.333. The maximum Gasteiger partial charge on any atom is 0.493 e. The van der Waals surface area contributed by atoms with Crippen molar-refractivity contribution in [2.24, 2.45) is 0 Å². The van der Waals surface area contributed by atoms with E-state index in [1.165, 1.54) is 0 Å². The summed E-state index contributed by atoms with van der Waals surface area (Å²) in [5.41, 5.74) is 0. The molecule has 0 rings (SSSR count). The van der Waals surface area contributed by atoms with Crippen LogP contribution < -0.4 is 0 Å². The normalized spacial score (nSPS) is 15.7. The van der Waals surface area contributed by atoms with Crippen LogP contribution >= 0.6 is 0 Å². The molecule has 0 bridgehead atoms. The number of hydrogen-bond acceptors (Lipinski definition) is 2. The first-order chi connectivity index (χ1) is 7.52. The standard InChI is InChI=1S/C4F12N2/c5-1(6,7)17(2(8,9)10)4(14,15)18(16)3(11,12)13. The summed E-state index contributed by atoms with van der Waals surface area (Å²) in [7, 11) is 0. The van der Waals surface area contributed by atoms with E-state index in [0.717, 1.165) is 0 Å². The van der Waals surface area contributed by atoms with Gasteiger partial charge in [0.2, 0.25) is 0 Å². The van der Waals surface area contributed by atoms with E-state index < -0.39 is 35.1 Å². The highest BCUT2D eigenvalue weighted by Gasteiger charge is 2.72. The van der Waals surface area contributed by atoms with Crippen molar-refractivity contribution in [2.75, 3.05) is 0 Å². The molecule has 0 radical (unpaired) electrons. The molecule has 0 aliphatic carbocycles. The minimum Gasteiger partial charge on any atom is -0.168 e. The lowest BCUT2D eigenvalue weighted by Crippen LogP contribution is -2.65. The first kappa shape index (κ1) is 17.1. The van der Waals surface area contributed by atoms with Crippen LogP contribution in [0.1, 0.15) is 0 Å². The molecule has 0 spiro atoms. The molecule has 0 fully saturated rings. The Hall–Kier alpha value is -0.920. The highest BCUT2D eigenvalue weighted by atomic mass is 19.4. The summed E-state index contributed by atoms with van der Waals surface area (Å²) in [6, 6.07) is 0. The van der Waals surface area contributed by atoms with E-state index in [-0.39, 0.29) is 0 Å². The van der Waals surface area contributed by atoms with Gasteiger partial charge in [0, 0.05) is 5.12 Å². The van der Waals surface area contributed by atoms with Crippen LogP contribution in [0.5, 0.6) is 0 Å². The second-order valence-electron chi connectivity index (χ2n) is 2.53. The van der Waals surface area contributed by atoms with Crippen molar-refractivity contribution in [3.63, 3.8) is 0 Å². The zero-order valence-electron chi connectivity index (χ0n) is 7.43. The summed E-state index contributed by atoms with van der Waals surface area (Å²) < 4.78 is 140. The van der Waals surface area contributed by atoms with Crippen LogP contribution in [0.25, 0.3) is 0 Å². The molecule has 0 saturated heterocycles. The Balaban J connectivity index is 5.64. The van der Waals surface area contributed by atoms with Crippen molar-refractivity contribution < 1.29 is 52.8 Å². The molecule has 0 aromatic rings. The minimum absolute atomic E-state index is 3.80. The van der Waals surface area contributed by atoms with E-state index in [0.29, 0.717) is 0 Å². The Morgan fingerprint density at radius 2 is 0.778 bits per heavy atom. The van der Waals surface area contributed by atoms with Crippen LogP contribution in [0, 0.1) is 0 Å². The molecular formula is C4F12N2. The zero-order chi connectivity index (χ0) is 15.2. The molecule has 0 unspecified atom stereocenters. The predicted octanol–water partition coefficient (Wildman–Crippen LogP) is 3.58. The molecule has 0 aromatic carbocycles. The van der Waals surface area contributed by atoms with Gasteiger partial charge in [-0.2, -0.15) is 48.3 Å². The average Bonchev–Trinajstić information content (AvgIpc) is 1.93. The van der Waals surface area contributed by atoms with Gasteiger partial charge in [-0.1, -0.05) is 0 Å². The Morgan fingerprint density at radius 3 is 0.944 bits per heavy atom. The van der Waals surface area contributed by atoms with Gasteiger partial charge in [0.1, 0.15) is 0 Å². The lowest BCUT2D eigenvalue weighted by molar-refractivity contribution is -0.518. The molecule has 110 valence electrons. The second kappa shape index (κ2) is 4.32. The number of nitrogens with zero attached hydrogens (tertiary/aromatic N) is 2. The topological polar surface area (TPSA) is 6.48 Å². The largest absolute Gasteiger partial charge is 0.493 e. The van der Waals surface area contributed by atoms with Gasteiger partial charge in [-0.3, -0.25) is 0 Å². The minimum atomic E-state index is -7.05. The van der Waals surface area contributed by atoms with E-state index in [9.17, 15) is 52.8 Å². The van der Waals surface area contributed by atoms with Crippen LogP contribution in [0.3, 0.4) is 0 Å². The molecule has 2 nitrogen and oxygen atoms in total. The molecule has 0 heterocycles. The molecule has 14 heteroatoms. The maximum atomic E-state index is 12.3. The Labute approximate surface area is 89.3 Å². The van der Waals surface area contributed by atoms with Gasteiger partial charge in [0.15, 0.2) is 0 Å². The molecule has 0 amide bonds. The molecule has 18 heavy (non-hydrogen) atoms. The van der Waals surface area contributed by atoms with Crippen molar-refractivity contribution in [3.8, 4) is 0 Å². The summed E-state index contributed by atoms with van der Waals surface area (Å²) in [4.78, 5) is -3.82. The maximum absolute atomic E-state index is 12.3. The van der Waals surface area contributed by atoms with Crippen molar-refractivity contribution in [1.82, 2.24) is 10.0 Å². The highest BCUT2D eigenvalue weighted by Crippen LogP contribution is 2.46. The van der Waals surface area contributed by atoms with Gasteiger partial charge in [-0.05, 0) is 4.90 Å². The third-order valence-electron chi connectivity index (χ3n) is 1.23. The Morgan fingerprint density at radius 1 is 0.500 bits per heavy atom. The molecule has 0 aliphatic rings. The van der Waals surface area contributed by atoms with Gasteiger partial charge < -0.3 is 0 Å². The molecular weight excluding hydrogens is 304 g/mol. The summed E-state index contributed by atoms with van der Waals surface area (Å²) in [6.45, 7) is 0.